The summed E-state index contributed by atoms with van der Waals surface area (Å²) in [5.74, 6) is -1.67. The predicted octanol–water partition coefficient (Wildman–Crippen LogP) is -0.506. The molecule has 0 aromatic carbocycles. The van der Waals surface area contributed by atoms with Gasteiger partial charge in [0.2, 0.25) is 0 Å². The van der Waals surface area contributed by atoms with E-state index in [1.165, 1.54) is 0 Å². The number of aliphatic hydroxyl groups excluding tert-OH is 1. The molecule has 6 heteroatoms. The van der Waals surface area contributed by atoms with Gasteiger partial charge < -0.3 is 20.7 Å². The lowest BCUT2D eigenvalue weighted by atomic mass is 10.0. The Bertz CT molecular complexity index is 225. The van der Waals surface area contributed by atoms with Crippen molar-refractivity contribution in [3.05, 3.63) is 0 Å². The van der Waals surface area contributed by atoms with Gasteiger partial charge in [0.1, 0.15) is 6.61 Å². The highest BCUT2D eigenvalue weighted by Crippen LogP contribution is 2.06. The lowest BCUT2D eigenvalue weighted by molar-refractivity contribution is -0.149. The van der Waals surface area contributed by atoms with Crippen LogP contribution in [0.3, 0.4) is 0 Å². The number of aliphatic carboxylic acids is 1. The second-order valence-corrected chi connectivity index (χ2v) is 3.43. The van der Waals surface area contributed by atoms with Crippen LogP contribution in [-0.2, 0) is 14.3 Å². The summed E-state index contributed by atoms with van der Waals surface area (Å²) in [6.45, 7) is 1.38. The number of carbonyl (C=O) groups is 2. The summed E-state index contributed by atoms with van der Waals surface area (Å²) in [6.07, 6.45) is 0.0257. The molecule has 0 aliphatic heterocycles. The molecular formula is C9H17NO5. The second-order valence-electron chi connectivity index (χ2n) is 3.43. The first-order chi connectivity index (χ1) is 6.93. The third-order valence-electron chi connectivity index (χ3n) is 2.08. The third-order valence-corrected chi connectivity index (χ3v) is 2.08. The minimum absolute atomic E-state index is 0.0988. The van der Waals surface area contributed by atoms with Gasteiger partial charge in [-0.25, -0.2) is 0 Å². The van der Waals surface area contributed by atoms with Crippen LogP contribution in [-0.4, -0.2) is 40.9 Å². The van der Waals surface area contributed by atoms with Crippen molar-refractivity contribution in [3.63, 3.8) is 0 Å². The SMILES string of the molecule is CCC(N)(CO)COC(=O)CCC(=O)O. The summed E-state index contributed by atoms with van der Waals surface area (Å²) in [7, 11) is 0. The number of carbonyl (C=O) groups excluding carboxylic acids is 1. The average Bonchev–Trinajstić information content (AvgIpc) is 2.23. The van der Waals surface area contributed by atoms with Crippen molar-refractivity contribution < 1.29 is 24.5 Å². The number of esters is 1. The van der Waals surface area contributed by atoms with Crippen molar-refractivity contribution >= 4 is 11.9 Å². The zero-order valence-corrected chi connectivity index (χ0v) is 8.73. The largest absolute Gasteiger partial charge is 0.481 e. The Morgan fingerprint density at radius 1 is 1.40 bits per heavy atom. The summed E-state index contributed by atoms with van der Waals surface area (Å²) in [6, 6.07) is 0. The smallest absolute Gasteiger partial charge is 0.306 e. The Hall–Kier alpha value is -1.14. The molecule has 0 heterocycles. The molecule has 0 saturated carbocycles. The first kappa shape index (κ1) is 13.9. The van der Waals surface area contributed by atoms with Crippen LogP contribution >= 0.6 is 0 Å². The first-order valence-electron chi connectivity index (χ1n) is 4.70. The Morgan fingerprint density at radius 3 is 2.40 bits per heavy atom. The van der Waals surface area contributed by atoms with Gasteiger partial charge in [-0.15, -0.1) is 0 Å². The van der Waals surface area contributed by atoms with E-state index in [1.54, 1.807) is 6.92 Å². The van der Waals surface area contributed by atoms with Crippen LogP contribution in [0.15, 0.2) is 0 Å². The molecule has 0 aliphatic rings. The molecule has 0 rings (SSSR count). The molecule has 0 aliphatic carbocycles. The second kappa shape index (κ2) is 6.36. The first-order valence-corrected chi connectivity index (χ1v) is 4.70. The fourth-order valence-electron chi connectivity index (χ4n) is 0.765. The summed E-state index contributed by atoms with van der Waals surface area (Å²) < 4.78 is 4.75. The summed E-state index contributed by atoms with van der Waals surface area (Å²) in [5, 5.41) is 17.2. The van der Waals surface area contributed by atoms with E-state index in [1.807, 2.05) is 0 Å². The number of hydrogen-bond donors (Lipinski definition) is 3. The normalized spacial score (nSPS) is 14.3. The molecule has 0 fully saturated rings. The number of carboxylic acid groups (broad SMARTS) is 1. The van der Waals surface area contributed by atoms with E-state index in [4.69, 9.17) is 20.7 Å². The van der Waals surface area contributed by atoms with Gasteiger partial charge in [-0.1, -0.05) is 6.92 Å². The van der Waals surface area contributed by atoms with Gasteiger partial charge in [0, 0.05) is 0 Å². The van der Waals surface area contributed by atoms with Crippen LogP contribution in [0.2, 0.25) is 0 Å². The predicted molar refractivity (Wildman–Crippen MR) is 52.1 cm³/mol. The molecule has 88 valence electrons. The number of carboxylic acids is 1. The highest BCUT2D eigenvalue weighted by atomic mass is 16.5. The molecule has 0 aromatic heterocycles. The van der Waals surface area contributed by atoms with Crippen LogP contribution in [0.5, 0.6) is 0 Å². The molecule has 0 amide bonds. The van der Waals surface area contributed by atoms with E-state index in [2.05, 4.69) is 0 Å². The minimum atomic E-state index is -1.05. The monoisotopic (exact) mass is 219 g/mol. The fourth-order valence-corrected chi connectivity index (χ4v) is 0.765. The molecule has 1 unspecified atom stereocenters. The number of aliphatic hydroxyl groups is 1. The van der Waals surface area contributed by atoms with Crippen molar-refractivity contribution in [2.75, 3.05) is 13.2 Å². The van der Waals surface area contributed by atoms with Crippen molar-refractivity contribution in [2.24, 2.45) is 5.73 Å². The lowest BCUT2D eigenvalue weighted by Crippen LogP contribution is -2.48. The average molecular weight is 219 g/mol. The van der Waals surface area contributed by atoms with Crippen molar-refractivity contribution in [2.45, 2.75) is 31.7 Å². The van der Waals surface area contributed by atoms with E-state index in [0.717, 1.165) is 0 Å². The van der Waals surface area contributed by atoms with Crippen LogP contribution in [0, 0.1) is 0 Å². The summed E-state index contributed by atoms with van der Waals surface area (Å²) in [5.41, 5.74) is 4.73. The van der Waals surface area contributed by atoms with Gasteiger partial charge >= 0.3 is 11.9 Å². The molecule has 1 atom stereocenters. The summed E-state index contributed by atoms with van der Waals surface area (Å²) >= 11 is 0. The van der Waals surface area contributed by atoms with Gasteiger partial charge in [-0.2, -0.15) is 0 Å². The molecule has 0 bridgehead atoms. The molecule has 0 aromatic rings. The molecular weight excluding hydrogens is 202 g/mol. The molecule has 15 heavy (non-hydrogen) atoms. The van der Waals surface area contributed by atoms with E-state index in [0.29, 0.717) is 6.42 Å². The standard InChI is InChI=1S/C9H17NO5/c1-2-9(10,5-11)6-15-8(14)4-3-7(12)13/h11H,2-6,10H2,1H3,(H,12,13). The zero-order chi connectivity index (χ0) is 11.9. The number of hydrogen-bond acceptors (Lipinski definition) is 5. The highest BCUT2D eigenvalue weighted by molar-refractivity contribution is 5.76. The maximum Gasteiger partial charge on any atom is 0.306 e. The molecule has 6 nitrogen and oxygen atoms in total. The van der Waals surface area contributed by atoms with Gasteiger partial charge in [-0.05, 0) is 6.42 Å². The summed E-state index contributed by atoms with van der Waals surface area (Å²) in [4.78, 5) is 21.1. The zero-order valence-electron chi connectivity index (χ0n) is 8.73. The maximum atomic E-state index is 11.0. The van der Waals surface area contributed by atoms with Crippen LogP contribution in [0.25, 0.3) is 0 Å². The lowest BCUT2D eigenvalue weighted by Gasteiger charge is -2.24. The van der Waals surface area contributed by atoms with Crippen LogP contribution < -0.4 is 5.73 Å². The van der Waals surface area contributed by atoms with Crippen molar-refractivity contribution in [1.29, 1.82) is 0 Å². The highest BCUT2D eigenvalue weighted by Gasteiger charge is 2.23. The van der Waals surface area contributed by atoms with Crippen LogP contribution in [0.1, 0.15) is 26.2 Å². The van der Waals surface area contributed by atoms with Gasteiger partial charge in [0.25, 0.3) is 0 Å². The topological polar surface area (TPSA) is 110 Å². The molecule has 0 spiro atoms. The van der Waals surface area contributed by atoms with Gasteiger partial charge in [-0.3, -0.25) is 9.59 Å². The fraction of sp³-hybridized carbons (Fsp3) is 0.778. The van der Waals surface area contributed by atoms with Gasteiger partial charge in [0.15, 0.2) is 0 Å². The maximum absolute atomic E-state index is 11.0. The minimum Gasteiger partial charge on any atom is -0.481 e. The quantitative estimate of drug-likeness (QED) is 0.498. The van der Waals surface area contributed by atoms with E-state index in [-0.39, 0.29) is 26.1 Å². The Balaban J connectivity index is 3.84. The van der Waals surface area contributed by atoms with Crippen molar-refractivity contribution in [3.8, 4) is 0 Å². The van der Waals surface area contributed by atoms with Gasteiger partial charge in [0.05, 0.1) is 25.0 Å². The van der Waals surface area contributed by atoms with E-state index in [9.17, 15) is 9.59 Å². The Labute approximate surface area is 88.0 Å². The third kappa shape index (κ3) is 6.03. The van der Waals surface area contributed by atoms with E-state index >= 15 is 0 Å². The number of rotatable bonds is 7. The Morgan fingerprint density at radius 2 is 2.00 bits per heavy atom. The number of ether oxygens (including phenoxy) is 1. The van der Waals surface area contributed by atoms with Crippen LogP contribution in [0.4, 0.5) is 0 Å². The molecule has 0 radical (unpaired) electrons. The molecule has 0 saturated heterocycles. The van der Waals surface area contributed by atoms with E-state index < -0.39 is 17.5 Å². The Kier molecular flexibility index (Phi) is 5.88. The van der Waals surface area contributed by atoms with Crippen molar-refractivity contribution in [1.82, 2.24) is 0 Å². The molecule has 4 N–H and O–H groups in total. The number of nitrogens with two attached hydrogens (primary N) is 1.